The summed E-state index contributed by atoms with van der Waals surface area (Å²) in [7, 11) is -3.78. The summed E-state index contributed by atoms with van der Waals surface area (Å²) in [5, 5.41) is 11.5. The van der Waals surface area contributed by atoms with Gasteiger partial charge < -0.3 is 4.84 Å². The summed E-state index contributed by atoms with van der Waals surface area (Å²) in [6, 6.07) is 7.94. The molecule has 18 heavy (non-hydrogen) atoms. The number of allylic oxidation sites excluding steroid dienone is 1. The maximum absolute atomic E-state index is 12.4. The van der Waals surface area contributed by atoms with Crippen LogP contribution >= 0.6 is 0 Å². The molecule has 1 aromatic rings. The minimum Gasteiger partial charge on any atom is -0.394 e. The topological polar surface area (TPSA) is 69.4 Å². The van der Waals surface area contributed by atoms with Gasteiger partial charge in [0, 0.05) is 0 Å². The Morgan fingerprint density at radius 3 is 2.72 bits per heavy atom. The second kappa shape index (κ2) is 3.84. The molecule has 0 radical (unpaired) electrons. The van der Waals surface area contributed by atoms with E-state index in [0.29, 0.717) is 6.42 Å². The van der Waals surface area contributed by atoms with E-state index in [0.717, 1.165) is 0 Å². The Labute approximate surface area is 104 Å². The third-order valence-electron chi connectivity index (χ3n) is 3.16. The van der Waals surface area contributed by atoms with Crippen molar-refractivity contribution >= 4 is 14.9 Å². The number of benzene rings is 1. The number of fused-ring (bicyclic) bond motifs is 1. The second-order valence-electron chi connectivity index (χ2n) is 4.25. The van der Waals surface area contributed by atoms with Crippen LogP contribution in [0.15, 0.2) is 47.4 Å². The Morgan fingerprint density at radius 2 is 2.00 bits per heavy atom. The zero-order valence-corrected chi connectivity index (χ0v) is 10.2. The van der Waals surface area contributed by atoms with Crippen molar-refractivity contribution < 1.29 is 18.2 Å². The van der Waals surface area contributed by atoms with E-state index in [4.69, 9.17) is 4.84 Å². The van der Waals surface area contributed by atoms with Crippen LogP contribution in [0.3, 0.4) is 0 Å². The first kappa shape index (κ1) is 11.3. The number of hydrogen-bond donors (Lipinski definition) is 0. The largest absolute Gasteiger partial charge is 0.394 e. The molecule has 2 aliphatic rings. The molecule has 0 saturated heterocycles. The van der Waals surface area contributed by atoms with Crippen molar-refractivity contribution in [1.29, 1.82) is 0 Å². The average Bonchev–Trinajstić information content (AvgIpc) is 2.89. The van der Waals surface area contributed by atoms with Gasteiger partial charge >= 0.3 is 5.04 Å². The molecule has 1 aliphatic carbocycles. The molecule has 1 aromatic carbocycles. The first-order chi connectivity index (χ1) is 8.60. The maximum atomic E-state index is 12.4. The summed E-state index contributed by atoms with van der Waals surface area (Å²) in [6.07, 6.45) is 3.63. The minimum atomic E-state index is -3.78. The summed E-state index contributed by atoms with van der Waals surface area (Å²) in [5.41, 5.74) is 0. The molecule has 94 valence electrons. The van der Waals surface area contributed by atoms with Crippen molar-refractivity contribution in [2.45, 2.75) is 17.4 Å². The molecule has 0 spiro atoms. The third-order valence-corrected chi connectivity index (χ3v) is 5.05. The quantitative estimate of drug-likeness (QED) is 0.566. The molecule has 0 unspecified atom stereocenters. The van der Waals surface area contributed by atoms with Crippen molar-refractivity contribution in [3.05, 3.63) is 47.7 Å². The monoisotopic (exact) mass is 265 g/mol. The van der Waals surface area contributed by atoms with Gasteiger partial charge in [-0.25, -0.2) is 8.42 Å². The van der Waals surface area contributed by atoms with Gasteiger partial charge in [0.15, 0.2) is 0 Å². The Kier molecular flexibility index (Phi) is 2.41. The summed E-state index contributed by atoms with van der Waals surface area (Å²) in [6.45, 7) is 0. The number of nitrogens with zero attached hydrogens (tertiary/aromatic N) is 1. The lowest BCUT2D eigenvalue weighted by atomic mass is 10.1. The summed E-state index contributed by atoms with van der Waals surface area (Å²) < 4.78 is 24.8. The van der Waals surface area contributed by atoms with Crippen LogP contribution in [-0.2, 0) is 14.7 Å². The molecular weight excluding hydrogens is 254 g/mol. The normalized spacial score (nSPS) is 26.2. The van der Waals surface area contributed by atoms with E-state index in [9.17, 15) is 13.6 Å². The number of sulfone groups is 1. The molecule has 0 bridgehead atoms. The fourth-order valence-corrected chi connectivity index (χ4v) is 3.92. The summed E-state index contributed by atoms with van der Waals surface area (Å²) >= 11 is 0. The van der Waals surface area contributed by atoms with E-state index in [1.807, 2.05) is 6.08 Å². The molecule has 0 N–H and O–H groups in total. The standard InChI is InChI=1S/C12H11NO4S/c14-13-12(10-7-4-8-11(10)17-13)18(15,16)9-5-2-1-3-6-9/h1-6,8,10-11H,7H2/t10-,11+/m1/s1. The minimum absolute atomic E-state index is 0.122. The SMILES string of the molecule is O=S(=O)(C1=[N+]([O-])O[C@H]2C=CC[C@@H]12)c1ccccc1. The molecule has 2 atom stereocenters. The molecule has 1 heterocycles. The lowest BCUT2D eigenvalue weighted by Crippen LogP contribution is -2.27. The smallest absolute Gasteiger partial charge is 0.344 e. The second-order valence-corrected chi connectivity index (χ2v) is 6.15. The molecule has 5 nitrogen and oxygen atoms in total. The number of rotatable bonds is 1. The van der Waals surface area contributed by atoms with Crippen LogP contribution in [0.4, 0.5) is 0 Å². The van der Waals surface area contributed by atoms with Crippen molar-refractivity contribution in [2.24, 2.45) is 5.92 Å². The van der Waals surface area contributed by atoms with Crippen LogP contribution in [-0.4, -0.2) is 24.5 Å². The number of hydrogen-bond acceptors (Lipinski definition) is 4. The fraction of sp³-hybridized carbons (Fsp3) is 0.250. The van der Waals surface area contributed by atoms with E-state index >= 15 is 0 Å². The van der Waals surface area contributed by atoms with Crippen LogP contribution in [0.1, 0.15) is 6.42 Å². The van der Waals surface area contributed by atoms with Gasteiger partial charge in [-0.3, -0.25) is 5.21 Å². The van der Waals surface area contributed by atoms with Crippen molar-refractivity contribution in [1.82, 2.24) is 0 Å². The van der Waals surface area contributed by atoms with Crippen LogP contribution < -0.4 is 0 Å². The van der Waals surface area contributed by atoms with Crippen molar-refractivity contribution in [3.63, 3.8) is 0 Å². The maximum Gasteiger partial charge on any atom is 0.344 e. The third kappa shape index (κ3) is 1.53. The molecular formula is C12H11NO4S. The van der Waals surface area contributed by atoms with Gasteiger partial charge in [-0.05, 0) is 18.6 Å². The Morgan fingerprint density at radius 1 is 1.28 bits per heavy atom. The predicted molar refractivity (Wildman–Crippen MR) is 64.4 cm³/mol. The molecule has 0 fully saturated rings. The molecule has 0 aromatic heterocycles. The Hall–Kier alpha value is -1.82. The van der Waals surface area contributed by atoms with Gasteiger partial charge in [0.2, 0.25) is 0 Å². The van der Waals surface area contributed by atoms with E-state index in [2.05, 4.69) is 0 Å². The van der Waals surface area contributed by atoms with E-state index in [1.165, 1.54) is 12.1 Å². The predicted octanol–water partition coefficient (Wildman–Crippen LogP) is 1.26. The Bertz CT molecular complexity index is 633. The highest BCUT2D eigenvalue weighted by atomic mass is 32.2. The zero-order valence-electron chi connectivity index (χ0n) is 9.39. The first-order valence-electron chi connectivity index (χ1n) is 5.58. The average molecular weight is 265 g/mol. The van der Waals surface area contributed by atoms with Gasteiger partial charge in [-0.1, -0.05) is 30.4 Å². The molecule has 6 heteroatoms. The fourth-order valence-electron chi connectivity index (χ4n) is 2.29. The van der Waals surface area contributed by atoms with Crippen LogP contribution in [0.25, 0.3) is 0 Å². The van der Waals surface area contributed by atoms with Gasteiger partial charge in [0.05, 0.1) is 21.8 Å². The van der Waals surface area contributed by atoms with Crippen LogP contribution in [0, 0.1) is 11.1 Å². The highest BCUT2D eigenvalue weighted by molar-refractivity contribution is 8.06. The van der Waals surface area contributed by atoms with Gasteiger partial charge in [-0.2, -0.15) is 0 Å². The van der Waals surface area contributed by atoms with Crippen LogP contribution in [0.5, 0.6) is 0 Å². The molecule has 0 amide bonds. The van der Waals surface area contributed by atoms with Crippen molar-refractivity contribution in [3.8, 4) is 0 Å². The molecule has 0 saturated carbocycles. The molecule has 1 aliphatic heterocycles. The lowest BCUT2D eigenvalue weighted by molar-refractivity contribution is -0.736. The van der Waals surface area contributed by atoms with Gasteiger partial charge in [-0.15, -0.1) is 0 Å². The van der Waals surface area contributed by atoms with Gasteiger partial charge in [0.1, 0.15) is 0 Å². The summed E-state index contributed by atoms with van der Waals surface area (Å²) in [4.78, 5) is 5.26. The van der Waals surface area contributed by atoms with E-state index < -0.39 is 21.9 Å². The highest BCUT2D eigenvalue weighted by Gasteiger charge is 2.48. The zero-order chi connectivity index (χ0) is 12.8. The van der Waals surface area contributed by atoms with Crippen LogP contribution in [0.2, 0.25) is 0 Å². The van der Waals surface area contributed by atoms with Crippen molar-refractivity contribution in [2.75, 3.05) is 0 Å². The van der Waals surface area contributed by atoms with E-state index in [-0.39, 0.29) is 14.8 Å². The van der Waals surface area contributed by atoms with E-state index in [1.54, 1.807) is 24.3 Å². The van der Waals surface area contributed by atoms with Gasteiger partial charge in [0.25, 0.3) is 9.84 Å². The lowest BCUT2D eigenvalue weighted by Gasteiger charge is -2.07. The highest BCUT2D eigenvalue weighted by Crippen LogP contribution is 2.32. The Balaban J connectivity index is 2.08. The molecule has 3 rings (SSSR count). The first-order valence-corrected chi connectivity index (χ1v) is 7.07. The summed E-state index contributed by atoms with van der Waals surface area (Å²) in [5.74, 6) is -0.396.